The Bertz CT molecular complexity index is 270. The van der Waals surface area contributed by atoms with Crippen molar-refractivity contribution in [2.75, 3.05) is 13.2 Å². The fraction of sp³-hybridized carbons (Fsp3) is 0.583. The molecule has 0 saturated carbocycles. The van der Waals surface area contributed by atoms with Gasteiger partial charge in [0.1, 0.15) is 0 Å². The summed E-state index contributed by atoms with van der Waals surface area (Å²) in [7, 11) is 0. The summed E-state index contributed by atoms with van der Waals surface area (Å²) in [6, 6.07) is 4.54. The SMILES string of the molecule is c1cncc(COC[C@@H]2CCCCN2)c1. The average Bonchev–Trinajstić information content (AvgIpc) is 2.32. The van der Waals surface area contributed by atoms with Gasteiger partial charge in [0.15, 0.2) is 0 Å². The molecule has 1 aromatic rings. The van der Waals surface area contributed by atoms with E-state index in [0.717, 1.165) is 18.7 Å². The van der Waals surface area contributed by atoms with Gasteiger partial charge in [-0.25, -0.2) is 0 Å². The Balaban J connectivity index is 1.66. The number of nitrogens with zero attached hydrogens (tertiary/aromatic N) is 1. The molecule has 1 fully saturated rings. The quantitative estimate of drug-likeness (QED) is 0.814. The first-order chi connectivity index (χ1) is 7.45. The molecule has 0 unspecified atom stereocenters. The van der Waals surface area contributed by atoms with Crippen LogP contribution in [0, 0.1) is 0 Å². The lowest BCUT2D eigenvalue weighted by atomic mass is 10.1. The fourth-order valence-corrected chi connectivity index (χ4v) is 1.87. The van der Waals surface area contributed by atoms with Gasteiger partial charge in [-0.1, -0.05) is 12.5 Å². The number of piperidine rings is 1. The van der Waals surface area contributed by atoms with Gasteiger partial charge in [-0.15, -0.1) is 0 Å². The molecule has 15 heavy (non-hydrogen) atoms. The van der Waals surface area contributed by atoms with Gasteiger partial charge in [0.2, 0.25) is 0 Å². The molecular weight excluding hydrogens is 188 g/mol. The maximum absolute atomic E-state index is 5.66. The van der Waals surface area contributed by atoms with E-state index in [4.69, 9.17) is 4.74 Å². The van der Waals surface area contributed by atoms with Crippen LogP contribution in [-0.2, 0) is 11.3 Å². The number of nitrogens with one attached hydrogen (secondary N) is 1. The maximum atomic E-state index is 5.66. The predicted molar refractivity (Wildman–Crippen MR) is 59.5 cm³/mol. The van der Waals surface area contributed by atoms with Gasteiger partial charge in [-0.3, -0.25) is 4.98 Å². The fourth-order valence-electron chi connectivity index (χ4n) is 1.87. The van der Waals surface area contributed by atoms with Crippen molar-refractivity contribution in [2.45, 2.75) is 31.9 Å². The average molecular weight is 206 g/mol. The van der Waals surface area contributed by atoms with Crippen LogP contribution in [0.2, 0.25) is 0 Å². The molecule has 3 heteroatoms. The Morgan fingerprint density at radius 2 is 2.47 bits per heavy atom. The van der Waals surface area contributed by atoms with E-state index in [0.29, 0.717) is 12.6 Å². The van der Waals surface area contributed by atoms with Crippen LogP contribution in [0.15, 0.2) is 24.5 Å². The molecule has 2 heterocycles. The molecule has 0 bridgehead atoms. The first-order valence-electron chi connectivity index (χ1n) is 5.65. The number of rotatable bonds is 4. The largest absolute Gasteiger partial charge is 0.375 e. The molecule has 1 aliphatic rings. The summed E-state index contributed by atoms with van der Waals surface area (Å²) < 4.78 is 5.66. The molecule has 0 spiro atoms. The third-order valence-corrected chi connectivity index (χ3v) is 2.72. The van der Waals surface area contributed by atoms with E-state index in [1.165, 1.54) is 19.3 Å². The molecule has 1 atom stereocenters. The second-order valence-electron chi connectivity index (χ2n) is 4.02. The van der Waals surface area contributed by atoms with Crippen molar-refractivity contribution >= 4 is 0 Å². The minimum Gasteiger partial charge on any atom is -0.375 e. The molecule has 0 amide bonds. The highest BCUT2D eigenvalue weighted by Gasteiger charge is 2.11. The molecule has 1 saturated heterocycles. The Morgan fingerprint density at radius 1 is 1.47 bits per heavy atom. The van der Waals surface area contributed by atoms with Crippen molar-refractivity contribution in [3.05, 3.63) is 30.1 Å². The van der Waals surface area contributed by atoms with Crippen molar-refractivity contribution in [2.24, 2.45) is 0 Å². The third kappa shape index (κ3) is 3.61. The van der Waals surface area contributed by atoms with Crippen LogP contribution in [0.3, 0.4) is 0 Å². The zero-order valence-corrected chi connectivity index (χ0v) is 8.98. The topological polar surface area (TPSA) is 34.1 Å². The molecule has 1 aromatic heterocycles. The van der Waals surface area contributed by atoms with Crippen LogP contribution in [-0.4, -0.2) is 24.2 Å². The Labute approximate surface area is 90.9 Å². The van der Waals surface area contributed by atoms with Crippen molar-refractivity contribution in [3.63, 3.8) is 0 Å². The lowest BCUT2D eigenvalue weighted by Gasteiger charge is -2.23. The van der Waals surface area contributed by atoms with Gasteiger partial charge in [-0.2, -0.15) is 0 Å². The number of hydrogen-bond acceptors (Lipinski definition) is 3. The minimum absolute atomic E-state index is 0.551. The summed E-state index contributed by atoms with van der Waals surface area (Å²) >= 11 is 0. The zero-order chi connectivity index (χ0) is 10.3. The smallest absolute Gasteiger partial charge is 0.0732 e. The van der Waals surface area contributed by atoms with Crippen molar-refractivity contribution in [1.29, 1.82) is 0 Å². The summed E-state index contributed by atoms with van der Waals surface area (Å²) in [5.41, 5.74) is 1.15. The number of aromatic nitrogens is 1. The Hall–Kier alpha value is -0.930. The van der Waals surface area contributed by atoms with Crippen LogP contribution in [0.4, 0.5) is 0 Å². The summed E-state index contributed by atoms with van der Waals surface area (Å²) in [5, 5.41) is 3.46. The zero-order valence-electron chi connectivity index (χ0n) is 8.98. The van der Waals surface area contributed by atoms with Crippen molar-refractivity contribution in [1.82, 2.24) is 10.3 Å². The Kier molecular flexibility index (Phi) is 4.11. The minimum atomic E-state index is 0.551. The summed E-state index contributed by atoms with van der Waals surface area (Å²) in [5.74, 6) is 0. The van der Waals surface area contributed by atoms with Crippen molar-refractivity contribution in [3.8, 4) is 0 Å². The first-order valence-corrected chi connectivity index (χ1v) is 5.65. The van der Waals surface area contributed by atoms with Gasteiger partial charge < -0.3 is 10.1 Å². The van der Waals surface area contributed by atoms with Crippen LogP contribution >= 0.6 is 0 Å². The second-order valence-corrected chi connectivity index (χ2v) is 4.02. The number of pyridine rings is 1. The lowest BCUT2D eigenvalue weighted by Crippen LogP contribution is -2.37. The molecule has 3 nitrogen and oxygen atoms in total. The van der Waals surface area contributed by atoms with Gasteiger partial charge in [0, 0.05) is 18.4 Å². The van der Waals surface area contributed by atoms with E-state index in [1.807, 2.05) is 18.3 Å². The predicted octanol–water partition coefficient (Wildman–Crippen LogP) is 1.74. The lowest BCUT2D eigenvalue weighted by molar-refractivity contribution is 0.0910. The van der Waals surface area contributed by atoms with E-state index in [9.17, 15) is 0 Å². The number of ether oxygens (including phenoxy) is 1. The molecule has 2 rings (SSSR count). The van der Waals surface area contributed by atoms with E-state index < -0.39 is 0 Å². The monoisotopic (exact) mass is 206 g/mol. The van der Waals surface area contributed by atoms with Crippen molar-refractivity contribution < 1.29 is 4.74 Å². The maximum Gasteiger partial charge on any atom is 0.0732 e. The van der Waals surface area contributed by atoms with Crippen LogP contribution in [0.1, 0.15) is 24.8 Å². The van der Waals surface area contributed by atoms with Crippen LogP contribution in [0.25, 0.3) is 0 Å². The molecule has 82 valence electrons. The standard InChI is InChI=1S/C12H18N2O/c1-2-7-14-12(5-1)10-15-9-11-4-3-6-13-8-11/h3-4,6,8,12,14H,1-2,5,7,9-10H2/t12-/m0/s1. The number of hydrogen-bond donors (Lipinski definition) is 1. The summed E-state index contributed by atoms with van der Waals surface area (Å²) in [6.45, 7) is 2.63. The van der Waals surface area contributed by atoms with E-state index in [2.05, 4.69) is 10.3 Å². The van der Waals surface area contributed by atoms with Gasteiger partial charge in [0.05, 0.1) is 13.2 Å². The molecule has 0 aliphatic carbocycles. The molecular formula is C12H18N2O. The highest BCUT2D eigenvalue weighted by molar-refractivity contribution is 5.06. The normalized spacial score (nSPS) is 21.5. The molecule has 0 aromatic carbocycles. The summed E-state index contributed by atoms with van der Waals surface area (Å²) in [6.07, 6.45) is 7.51. The van der Waals surface area contributed by atoms with Gasteiger partial charge in [-0.05, 0) is 31.0 Å². The highest BCUT2D eigenvalue weighted by atomic mass is 16.5. The van der Waals surface area contributed by atoms with E-state index in [-0.39, 0.29) is 0 Å². The second kappa shape index (κ2) is 5.83. The molecule has 0 radical (unpaired) electrons. The highest BCUT2D eigenvalue weighted by Crippen LogP contribution is 2.08. The first kappa shape index (κ1) is 10.6. The molecule has 1 N–H and O–H groups in total. The third-order valence-electron chi connectivity index (χ3n) is 2.72. The molecule has 1 aliphatic heterocycles. The van der Waals surface area contributed by atoms with Crippen LogP contribution < -0.4 is 5.32 Å². The van der Waals surface area contributed by atoms with Crippen LogP contribution in [0.5, 0.6) is 0 Å². The van der Waals surface area contributed by atoms with E-state index in [1.54, 1.807) is 6.20 Å². The van der Waals surface area contributed by atoms with E-state index >= 15 is 0 Å². The summed E-state index contributed by atoms with van der Waals surface area (Å²) in [4.78, 5) is 4.05. The van der Waals surface area contributed by atoms with Gasteiger partial charge in [0.25, 0.3) is 0 Å². The van der Waals surface area contributed by atoms with Gasteiger partial charge >= 0.3 is 0 Å². The Morgan fingerprint density at radius 3 is 3.20 bits per heavy atom.